The van der Waals surface area contributed by atoms with Crippen molar-refractivity contribution < 1.29 is 27.5 Å². The summed E-state index contributed by atoms with van der Waals surface area (Å²) in [6.45, 7) is 4.51. The van der Waals surface area contributed by atoms with Crippen LogP contribution in [0.4, 0.5) is 18.3 Å². The van der Waals surface area contributed by atoms with E-state index in [2.05, 4.69) is 9.72 Å². The molecule has 0 saturated heterocycles. The average molecular weight is 375 g/mol. The Morgan fingerprint density at radius 3 is 2.40 bits per heavy atom. The molecule has 25 heavy (non-hydrogen) atoms. The Hall–Kier alpha value is -2.36. The van der Waals surface area contributed by atoms with Gasteiger partial charge in [0, 0.05) is 6.92 Å². The number of alkyl halides is 3. The number of hydrogen-bond acceptors (Lipinski definition) is 6. The molecule has 6 nitrogen and oxygen atoms in total. The zero-order chi connectivity index (χ0) is 19.0. The second-order valence-corrected chi connectivity index (χ2v) is 6.52. The largest absolute Gasteiger partial charge is 0.466 e. The maximum atomic E-state index is 13.7. The topological polar surface area (TPSA) is 80.3 Å². The fourth-order valence-corrected chi connectivity index (χ4v) is 3.49. The van der Waals surface area contributed by atoms with Gasteiger partial charge < -0.3 is 15.4 Å². The van der Waals surface area contributed by atoms with Gasteiger partial charge in [0.15, 0.2) is 5.13 Å². The van der Waals surface area contributed by atoms with Crippen molar-refractivity contribution in [1.29, 1.82) is 0 Å². The lowest BCUT2D eigenvalue weighted by Gasteiger charge is -2.33. The smallest absolute Gasteiger partial charge is 0.442 e. The lowest BCUT2D eigenvalue weighted by Crippen LogP contribution is -2.69. The molecular formula is C15H16F3N3O3S. The first-order valence-corrected chi connectivity index (χ1v) is 7.91. The summed E-state index contributed by atoms with van der Waals surface area (Å²) < 4.78 is 45.9. The van der Waals surface area contributed by atoms with Gasteiger partial charge in [0.25, 0.3) is 0 Å². The third-order valence-electron chi connectivity index (χ3n) is 3.40. The summed E-state index contributed by atoms with van der Waals surface area (Å²) in [7, 11) is 0.804. The Balaban J connectivity index is 2.58. The minimum Gasteiger partial charge on any atom is -0.466 e. The van der Waals surface area contributed by atoms with Gasteiger partial charge in [0.05, 0.1) is 17.3 Å². The molecule has 1 unspecified atom stereocenters. The summed E-state index contributed by atoms with van der Waals surface area (Å²) in [4.78, 5) is 27.3. The van der Waals surface area contributed by atoms with Gasteiger partial charge in [-0.25, -0.2) is 9.78 Å². The Morgan fingerprint density at radius 1 is 1.24 bits per heavy atom. The predicted octanol–water partition coefficient (Wildman–Crippen LogP) is 2.89. The molecule has 1 amide bonds. The van der Waals surface area contributed by atoms with Gasteiger partial charge in [-0.2, -0.15) is 13.2 Å². The van der Waals surface area contributed by atoms with E-state index in [4.69, 9.17) is 0 Å². The molecule has 0 bridgehead atoms. The van der Waals surface area contributed by atoms with Crippen LogP contribution in [-0.2, 0) is 14.3 Å². The molecule has 0 aliphatic carbocycles. The van der Waals surface area contributed by atoms with E-state index in [9.17, 15) is 22.8 Å². The zero-order valence-corrected chi connectivity index (χ0v) is 14.7. The number of carbonyl (C=O) groups is 2. The number of carbonyl (C=O) groups excluding carboxylic acids is 2. The Bertz CT molecular complexity index is 835. The number of amides is 1. The SMILES string of the molecule is COC(=O)C(NC(C)=O)(Nc1nc2c(C)cc(C)cc2s1)C(F)(F)F. The van der Waals surface area contributed by atoms with Crippen molar-refractivity contribution in [2.45, 2.75) is 32.6 Å². The van der Waals surface area contributed by atoms with E-state index in [1.165, 1.54) is 0 Å². The number of aryl methyl sites for hydroxylation is 2. The summed E-state index contributed by atoms with van der Waals surface area (Å²) in [5.74, 6) is -2.74. The second kappa shape index (κ2) is 6.51. The first-order valence-electron chi connectivity index (χ1n) is 7.10. The number of ether oxygens (including phenoxy) is 1. The maximum absolute atomic E-state index is 13.7. The summed E-state index contributed by atoms with van der Waals surface area (Å²) in [6.07, 6.45) is -5.16. The van der Waals surface area contributed by atoms with Crippen LogP contribution in [0.25, 0.3) is 10.2 Å². The van der Waals surface area contributed by atoms with Crippen molar-refractivity contribution >= 4 is 38.6 Å². The Labute approximate surface area is 145 Å². The highest BCUT2D eigenvalue weighted by molar-refractivity contribution is 7.22. The van der Waals surface area contributed by atoms with E-state index in [0.29, 0.717) is 10.2 Å². The molecule has 2 aromatic rings. The van der Waals surface area contributed by atoms with E-state index < -0.39 is 23.7 Å². The van der Waals surface area contributed by atoms with Gasteiger partial charge in [-0.05, 0) is 31.0 Å². The van der Waals surface area contributed by atoms with Crippen LogP contribution in [0.5, 0.6) is 0 Å². The van der Waals surface area contributed by atoms with Gasteiger partial charge in [0.1, 0.15) is 0 Å². The first-order chi connectivity index (χ1) is 11.5. The van der Waals surface area contributed by atoms with Crippen molar-refractivity contribution in [1.82, 2.24) is 10.3 Å². The van der Waals surface area contributed by atoms with Crippen LogP contribution in [0, 0.1) is 13.8 Å². The van der Waals surface area contributed by atoms with Crippen LogP contribution >= 0.6 is 11.3 Å². The lowest BCUT2D eigenvalue weighted by molar-refractivity contribution is -0.206. The molecule has 10 heteroatoms. The number of aromatic nitrogens is 1. The predicted molar refractivity (Wildman–Crippen MR) is 87.3 cm³/mol. The molecular weight excluding hydrogens is 359 g/mol. The molecule has 0 aliphatic heterocycles. The second-order valence-electron chi connectivity index (χ2n) is 5.49. The van der Waals surface area contributed by atoms with E-state index >= 15 is 0 Å². The number of methoxy groups -OCH3 is 1. The van der Waals surface area contributed by atoms with Gasteiger partial charge in [-0.3, -0.25) is 4.79 Å². The number of nitrogens with one attached hydrogen (secondary N) is 2. The third-order valence-corrected chi connectivity index (χ3v) is 4.32. The van der Waals surface area contributed by atoms with Gasteiger partial charge in [0.2, 0.25) is 5.91 Å². The number of nitrogens with zero attached hydrogens (tertiary/aromatic N) is 1. The summed E-state index contributed by atoms with van der Waals surface area (Å²) >= 11 is 0.942. The molecule has 2 rings (SSSR count). The fourth-order valence-electron chi connectivity index (χ4n) is 2.39. The first kappa shape index (κ1) is 19.0. The molecule has 0 fully saturated rings. The summed E-state index contributed by atoms with van der Waals surface area (Å²) in [5.41, 5.74) is -1.20. The van der Waals surface area contributed by atoms with Crippen LogP contribution in [0.3, 0.4) is 0 Å². The van der Waals surface area contributed by atoms with E-state index in [0.717, 1.165) is 36.5 Å². The fraction of sp³-hybridized carbons (Fsp3) is 0.400. The van der Waals surface area contributed by atoms with Crippen LogP contribution in [0.1, 0.15) is 18.1 Å². The number of halogens is 3. The molecule has 136 valence electrons. The Morgan fingerprint density at radius 2 is 1.88 bits per heavy atom. The minimum atomic E-state index is -5.16. The van der Waals surface area contributed by atoms with Crippen molar-refractivity contribution in [2.75, 3.05) is 12.4 Å². The van der Waals surface area contributed by atoms with Crippen LogP contribution in [0.15, 0.2) is 12.1 Å². The minimum absolute atomic E-state index is 0.167. The molecule has 1 aromatic carbocycles. The maximum Gasteiger partial charge on any atom is 0.442 e. The average Bonchev–Trinajstić information content (AvgIpc) is 2.86. The van der Waals surface area contributed by atoms with Crippen molar-refractivity contribution in [3.05, 3.63) is 23.3 Å². The summed E-state index contributed by atoms with van der Waals surface area (Å²) in [5, 5.41) is 3.48. The highest BCUT2D eigenvalue weighted by Gasteiger charge is 2.63. The zero-order valence-electron chi connectivity index (χ0n) is 13.9. The van der Waals surface area contributed by atoms with Crippen LogP contribution in [0.2, 0.25) is 0 Å². The van der Waals surface area contributed by atoms with Crippen molar-refractivity contribution in [3.8, 4) is 0 Å². The molecule has 2 N–H and O–H groups in total. The van der Waals surface area contributed by atoms with Crippen LogP contribution < -0.4 is 10.6 Å². The molecule has 1 heterocycles. The lowest BCUT2D eigenvalue weighted by atomic mass is 10.1. The van der Waals surface area contributed by atoms with Crippen molar-refractivity contribution in [3.63, 3.8) is 0 Å². The number of anilines is 1. The third kappa shape index (κ3) is 3.53. The van der Waals surface area contributed by atoms with Gasteiger partial charge >= 0.3 is 17.8 Å². The molecule has 0 aliphatic rings. The van der Waals surface area contributed by atoms with E-state index in [1.54, 1.807) is 18.3 Å². The number of hydrogen-bond donors (Lipinski definition) is 2. The number of benzene rings is 1. The van der Waals surface area contributed by atoms with Crippen LogP contribution in [-0.4, -0.2) is 35.8 Å². The molecule has 0 spiro atoms. The number of rotatable bonds is 4. The molecule has 1 aromatic heterocycles. The number of thiazole rings is 1. The van der Waals surface area contributed by atoms with Crippen molar-refractivity contribution in [2.24, 2.45) is 0 Å². The van der Waals surface area contributed by atoms with Gasteiger partial charge in [-0.1, -0.05) is 17.4 Å². The number of fused-ring (bicyclic) bond motifs is 1. The highest BCUT2D eigenvalue weighted by atomic mass is 32.1. The number of esters is 1. The quantitative estimate of drug-likeness (QED) is 0.635. The Kier molecular flexibility index (Phi) is 4.94. The van der Waals surface area contributed by atoms with E-state index in [1.807, 2.05) is 18.3 Å². The van der Waals surface area contributed by atoms with E-state index in [-0.39, 0.29) is 5.13 Å². The standard InChI is InChI=1S/C15H16F3N3O3S/c1-7-5-8(2)11-10(6-7)25-13(19-11)21-14(12(23)24-4,15(16,17)18)20-9(3)22/h5-6H,1-4H3,(H,19,21)(H,20,22). The molecule has 0 radical (unpaired) electrons. The highest BCUT2D eigenvalue weighted by Crippen LogP contribution is 2.36. The normalized spacial score (nSPS) is 14.0. The molecule has 0 saturated carbocycles. The summed E-state index contributed by atoms with van der Waals surface area (Å²) in [6, 6.07) is 3.62. The molecule has 1 atom stereocenters. The van der Waals surface area contributed by atoms with Gasteiger partial charge in [-0.15, -0.1) is 0 Å². The monoisotopic (exact) mass is 375 g/mol.